The van der Waals surface area contributed by atoms with Crippen molar-refractivity contribution in [3.63, 3.8) is 0 Å². The standard InChI is InChI=1S/C4H2ClN3O2/c5-3-1-6-4(7-2-3)8(9)10/h1-2H. The number of nitro groups is 1. The third-order valence-electron chi connectivity index (χ3n) is 0.770. The highest BCUT2D eigenvalue weighted by Gasteiger charge is 2.06. The fraction of sp³-hybridized carbons (Fsp3) is 0. The molecule has 0 amide bonds. The first-order valence-electron chi connectivity index (χ1n) is 2.32. The fourth-order valence-corrected chi connectivity index (χ4v) is 0.497. The molecule has 0 aromatic carbocycles. The molecule has 0 unspecified atom stereocenters. The maximum absolute atomic E-state index is 9.95. The van der Waals surface area contributed by atoms with Crippen LogP contribution >= 0.6 is 11.6 Å². The van der Waals surface area contributed by atoms with Crippen molar-refractivity contribution >= 4 is 17.5 Å². The largest absolute Gasteiger partial charge is 0.468 e. The molecule has 1 aromatic rings. The molecule has 0 N–H and O–H groups in total. The molecule has 5 nitrogen and oxygen atoms in total. The van der Waals surface area contributed by atoms with Crippen molar-refractivity contribution in [1.82, 2.24) is 9.97 Å². The van der Waals surface area contributed by atoms with E-state index in [1.807, 2.05) is 0 Å². The third-order valence-corrected chi connectivity index (χ3v) is 0.965. The second kappa shape index (κ2) is 2.57. The van der Waals surface area contributed by atoms with Crippen LogP contribution in [0.2, 0.25) is 5.02 Å². The first-order chi connectivity index (χ1) is 4.70. The third kappa shape index (κ3) is 1.38. The predicted molar refractivity (Wildman–Crippen MR) is 33.7 cm³/mol. The summed E-state index contributed by atoms with van der Waals surface area (Å²) in [6.07, 6.45) is 2.35. The molecule has 0 aliphatic carbocycles. The van der Waals surface area contributed by atoms with E-state index < -0.39 is 10.9 Å². The summed E-state index contributed by atoms with van der Waals surface area (Å²) in [6, 6.07) is 0. The molecule has 0 saturated carbocycles. The highest BCUT2D eigenvalue weighted by Crippen LogP contribution is 2.06. The summed E-state index contributed by atoms with van der Waals surface area (Å²) in [5.41, 5.74) is 0. The van der Waals surface area contributed by atoms with Gasteiger partial charge < -0.3 is 10.1 Å². The zero-order valence-electron chi connectivity index (χ0n) is 4.69. The predicted octanol–water partition coefficient (Wildman–Crippen LogP) is 1.04. The van der Waals surface area contributed by atoms with E-state index in [2.05, 4.69) is 9.97 Å². The maximum atomic E-state index is 9.95. The Balaban J connectivity index is 3.00. The van der Waals surface area contributed by atoms with Crippen LogP contribution in [0.15, 0.2) is 12.4 Å². The van der Waals surface area contributed by atoms with E-state index in [4.69, 9.17) is 11.6 Å². The van der Waals surface area contributed by atoms with Gasteiger partial charge in [0.1, 0.15) is 17.4 Å². The smallest absolute Gasteiger partial charge is 0.390 e. The monoisotopic (exact) mass is 159 g/mol. The molecule has 0 aliphatic rings. The summed E-state index contributed by atoms with van der Waals surface area (Å²) in [5.74, 6) is -0.440. The fourth-order valence-electron chi connectivity index (χ4n) is 0.400. The highest BCUT2D eigenvalue weighted by molar-refractivity contribution is 6.30. The van der Waals surface area contributed by atoms with E-state index in [0.717, 1.165) is 0 Å². The number of nitrogens with zero attached hydrogens (tertiary/aromatic N) is 3. The Morgan fingerprint density at radius 1 is 1.50 bits per heavy atom. The summed E-state index contributed by atoms with van der Waals surface area (Å²) in [4.78, 5) is 15.9. The molecular formula is C4H2ClN3O2. The lowest BCUT2D eigenvalue weighted by Crippen LogP contribution is -1.93. The molecule has 1 heterocycles. The number of hydrogen-bond acceptors (Lipinski definition) is 4. The number of halogens is 1. The molecule has 1 aromatic heterocycles. The van der Waals surface area contributed by atoms with E-state index >= 15 is 0 Å². The van der Waals surface area contributed by atoms with Gasteiger partial charge in [-0.3, -0.25) is 0 Å². The molecule has 0 fully saturated rings. The van der Waals surface area contributed by atoms with Crippen LogP contribution in [0.1, 0.15) is 0 Å². The molecule has 6 heteroatoms. The molecule has 0 aliphatic heterocycles. The zero-order valence-corrected chi connectivity index (χ0v) is 5.45. The van der Waals surface area contributed by atoms with Crippen LogP contribution in [-0.4, -0.2) is 14.9 Å². The second-order valence-corrected chi connectivity index (χ2v) is 1.89. The minimum atomic E-state index is -0.684. The summed E-state index contributed by atoms with van der Waals surface area (Å²) >= 11 is 5.37. The van der Waals surface area contributed by atoms with Crippen molar-refractivity contribution in [3.8, 4) is 0 Å². The maximum Gasteiger partial charge on any atom is 0.468 e. The summed E-state index contributed by atoms with van der Waals surface area (Å²) in [6.45, 7) is 0. The minimum absolute atomic E-state index is 0.283. The highest BCUT2D eigenvalue weighted by atomic mass is 35.5. The molecule has 1 rings (SSSR count). The van der Waals surface area contributed by atoms with E-state index in [1.165, 1.54) is 12.4 Å². The van der Waals surface area contributed by atoms with Crippen molar-refractivity contribution < 1.29 is 4.92 Å². The summed E-state index contributed by atoms with van der Waals surface area (Å²) in [7, 11) is 0. The van der Waals surface area contributed by atoms with Crippen molar-refractivity contribution in [3.05, 3.63) is 27.5 Å². The van der Waals surface area contributed by atoms with E-state index in [9.17, 15) is 10.1 Å². The Hall–Kier alpha value is -1.23. The SMILES string of the molecule is O=[N+]([O-])c1ncc(Cl)cn1. The van der Waals surface area contributed by atoms with Crippen LogP contribution in [-0.2, 0) is 0 Å². The van der Waals surface area contributed by atoms with Crippen LogP contribution in [0.5, 0.6) is 0 Å². The van der Waals surface area contributed by atoms with Crippen LogP contribution < -0.4 is 0 Å². The van der Waals surface area contributed by atoms with Crippen molar-refractivity contribution in [2.45, 2.75) is 0 Å². The Bertz CT molecular complexity index is 247. The Kier molecular flexibility index (Phi) is 1.77. The lowest BCUT2D eigenvalue weighted by molar-refractivity contribution is -0.394. The van der Waals surface area contributed by atoms with Gasteiger partial charge in [0.2, 0.25) is 0 Å². The number of aromatic nitrogens is 2. The lowest BCUT2D eigenvalue weighted by Gasteiger charge is -1.87. The van der Waals surface area contributed by atoms with Gasteiger partial charge in [-0.2, -0.15) is 0 Å². The van der Waals surface area contributed by atoms with Crippen LogP contribution in [0.25, 0.3) is 0 Å². The van der Waals surface area contributed by atoms with Gasteiger partial charge in [-0.25, -0.2) is 0 Å². The molecular weight excluding hydrogens is 158 g/mol. The Morgan fingerprint density at radius 2 is 2.00 bits per heavy atom. The Labute approximate surface area is 60.8 Å². The van der Waals surface area contributed by atoms with Crippen LogP contribution in [0, 0.1) is 10.1 Å². The average Bonchev–Trinajstić information content (AvgIpc) is 1.88. The topological polar surface area (TPSA) is 68.9 Å². The quantitative estimate of drug-likeness (QED) is 0.454. The van der Waals surface area contributed by atoms with Crippen molar-refractivity contribution in [1.29, 1.82) is 0 Å². The molecule has 0 radical (unpaired) electrons. The Morgan fingerprint density at radius 3 is 2.40 bits per heavy atom. The van der Waals surface area contributed by atoms with Gasteiger partial charge in [0.15, 0.2) is 0 Å². The van der Waals surface area contributed by atoms with Crippen LogP contribution in [0.4, 0.5) is 5.95 Å². The summed E-state index contributed by atoms with van der Waals surface area (Å²) in [5, 5.41) is 10.2. The number of rotatable bonds is 1. The molecule has 0 saturated heterocycles. The van der Waals surface area contributed by atoms with Gasteiger partial charge in [-0.05, 0) is 4.92 Å². The second-order valence-electron chi connectivity index (χ2n) is 1.46. The lowest BCUT2D eigenvalue weighted by atomic mass is 10.7. The van der Waals surface area contributed by atoms with Crippen LogP contribution in [0.3, 0.4) is 0 Å². The molecule has 0 atom stereocenters. The van der Waals surface area contributed by atoms with Gasteiger partial charge >= 0.3 is 5.95 Å². The molecule has 0 spiro atoms. The normalized spacial score (nSPS) is 9.30. The first-order valence-corrected chi connectivity index (χ1v) is 2.70. The van der Waals surface area contributed by atoms with Gasteiger partial charge in [-0.15, -0.1) is 0 Å². The van der Waals surface area contributed by atoms with Crippen molar-refractivity contribution in [2.24, 2.45) is 0 Å². The first kappa shape index (κ1) is 6.88. The molecule has 10 heavy (non-hydrogen) atoms. The van der Waals surface area contributed by atoms with E-state index in [0.29, 0.717) is 0 Å². The van der Waals surface area contributed by atoms with Crippen molar-refractivity contribution in [2.75, 3.05) is 0 Å². The van der Waals surface area contributed by atoms with Gasteiger partial charge in [0.05, 0.1) is 0 Å². The average molecular weight is 160 g/mol. The van der Waals surface area contributed by atoms with Gasteiger partial charge in [0.25, 0.3) is 0 Å². The van der Waals surface area contributed by atoms with Gasteiger partial charge in [0, 0.05) is 0 Å². The summed E-state index contributed by atoms with van der Waals surface area (Å²) < 4.78 is 0. The zero-order chi connectivity index (χ0) is 7.56. The van der Waals surface area contributed by atoms with Gasteiger partial charge in [-0.1, -0.05) is 21.6 Å². The number of hydrogen-bond donors (Lipinski definition) is 0. The van der Waals surface area contributed by atoms with E-state index in [1.54, 1.807) is 0 Å². The minimum Gasteiger partial charge on any atom is -0.390 e. The van der Waals surface area contributed by atoms with E-state index in [-0.39, 0.29) is 5.02 Å². The molecule has 0 bridgehead atoms. The molecule has 52 valence electrons.